The minimum absolute atomic E-state index is 0.0506. The minimum Gasteiger partial charge on any atom is -0.475 e. The highest BCUT2D eigenvalue weighted by atomic mass is 32.2. The maximum absolute atomic E-state index is 12.8. The highest BCUT2D eigenvalue weighted by molar-refractivity contribution is 7.89. The van der Waals surface area contributed by atoms with Crippen LogP contribution < -0.4 is 0 Å². The fourth-order valence-corrected chi connectivity index (χ4v) is 4.50. The van der Waals surface area contributed by atoms with Crippen LogP contribution >= 0.6 is 0 Å². The third-order valence-corrected chi connectivity index (χ3v) is 5.57. The van der Waals surface area contributed by atoms with Crippen LogP contribution in [0.1, 0.15) is 36.1 Å². The summed E-state index contributed by atoms with van der Waals surface area (Å²) in [6, 6.07) is 0.881. The van der Waals surface area contributed by atoms with E-state index in [0.29, 0.717) is 19.6 Å². The Morgan fingerprint density at radius 1 is 1.57 bits per heavy atom. The van der Waals surface area contributed by atoms with Crippen molar-refractivity contribution < 1.29 is 27.5 Å². The van der Waals surface area contributed by atoms with Gasteiger partial charge >= 0.3 is 5.97 Å². The van der Waals surface area contributed by atoms with Crippen molar-refractivity contribution in [3.8, 4) is 0 Å². The number of carbonyl (C=O) groups is 1. The van der Waals surface area contributed by atoms with Gasteiger partial charge in [0, 0.05) is 32.2 Å². The van der Waals surface area contributed by atoms with Crippen molar-refractivity contribution in [1.29, 1.82) is 0 Å². The number of furan rings is 1. The molecule has 2 heterocycles. The molecule has 0 aliphatic carbocycles. The number of aryl methyl sites for hydroxylation is 1. The molecule has 1 aliphatic rings. The van der Waals surface area contributed by atoms with Gasteiger partial charge in [-0.15, -0.1) is 0 Å². The zero-order valence-electron chi connectivity index (χ0n) is 12.0. The van der Waals surface area contributed by atoms with E-state index >= 15 is 0 Å². The molecule has 7 nitrogen and oxygen atoms in total. The van der Waals surface area contributed by atoms with E-state index in [-0.39, 0.29) is 22.5 Å². The third kappa shape index (κ3) is 2.97. The van der Waals surface area contributed by atoms with Crippen LogP contribution in [-0.2, 0) is 21.2 Å². The molecule has 1 aromatic rings. The second kappa shape index (κ2) is 6.17. The fraction of sp³-hybridized carbons (Fsp3) is 0.615. The van der Waals surface area contributed by atoms with Gasteiger partial charge in [0.05, 0.1) is 6.61 Å². The van der Waals surface area contributed by atoms with Gasteiger partial charge in [-0.25, -0.2) is 13.2 Å². The van der Waals surface area contributed by atoms with Gasteiger partial charge in [-0.05, 0) is 12.8 Å². The highest BCUT2D eigenvalue weighted by Crippen LogP contribution is 2.30. The molecular formula is C13H19NO6S. The number of sulfonamides is 1. The third-order valence-electron chi connectivity index (χ3n) is 3.57. The van der Waals surface area contributed by atoms with Gasteiger partial charge in [0.1, 0.15) is 10.7 Å². The first-order valence-corrected chi connectivity index (χ1v) is 8.22. The fourth-order valence-electron chi connectivity index (χ4n) is 2.59. The number of carboxylic acid groups (broad SMARTS) is 1. The lowest BCUT2D eigenvalue weighted by Crippen LogP contribution is -2.38. The molecule has 0 radical (unpaired) electrons. The van der Waals surface area contributed by atoms with E-state index in [0.717, 1.165) is 18.9 Å². The summed E-state index contributed by atoms with van der Waals surface area (Å²) in [5, 5.41) is 8.96. The summed E-state index contributed by atoms with van der Waals surface area (Å²) in [6.45, 7) is 2.46. The summed E-state index contributed by atoms with van der Waals surface area (Å²) < 4.78 is 37.1. The SMILES string of the molecule is CCc1oc(C(=O)O)cc1S(=O)(=O)N1CCC[C@@H]1COC. The van der Waals surface area contributed by atoms with Crippen LogP contribution in [0.25, 0.3) is 0 Å². The van der Waals surface area contributed by atoms with Crippen LogP contribution in [0.3, 0.4) is 0 Å². The molecule has 0 bridgehead atoms. The number of carboxylic acids is 1. The van der Waals surface area contributed by atoms with Crippen LogP contribution in [0.2, 0.25) is 0 Å². The van der Waals surface area contributed by atoms with E-state index in [1.165, 1.54) is 11.4 Å². The Bertz CT molecular complexity index is 621. The highest BCUT2D eigenvalue weighted by Gasteiger charge is 2.38. The topological polar surface area (TPSA) is 97.0 Å². The Balaban J connectivity index is 2.41. The molecule has 118 valence electrons. The van der Waals surface area contributed by atoms with E-state index in [1.54, 1.807) is 6.92 Å². The first-order chi connectivity index (χ1) is 9.91. The smallest absolute Gasteiger partial charge is 0.371 e. The molecule has 0 amide bonds. The number of hydrogen-bond donors (Lipinski definition) is 1. The van der Waals surface area contributed by atoms with Gasteiger partial charge < -0.3 is 14.3 Å². The summed E-state index contributed by atoms with van der Waals surface area (Å²) in [4.78, 5) is 10.9. The van der Waals surface area contributed by atoms with Crippen LogP contribution in [-0.4, -0.2) is 50.1 Å². The predicted molar refractivity (Wildman–Crippen MR) is 73.8 cm³/mol. The van der Waals surface area contributed by atoms with Gasteiger partial charge in [0.2, 0.25) is 15.8 Å². The van der Waals surface area contributed by atoms with E-state index in [9.17, 15) is 13.2 Å². The maximum atomic E-state index is 12.8. The lowest BCUT2D eigenvalue weighted by molar-refractivity contribution is 0.0660. The van der Waals surface area contributed by atoms with Gasteiger partial charge in [0.25, 0.3) is 0 Å². The van der Waals surface area contributed by atoms with Gasteiger partial charge in [-0.3, -0.25) is 0 Å². The van der Waals surface area contributed by atoms with E-state index in [4.69, 9.17) is 14.3 Å². The lowest BCUT2D eigenvalue weighted by Gasteiger charge is -2.23. The van der Waals surface area contributed by atoms with Gasteiger partial charge in [-0.1, -0.05) is 6.92 Å². The molecule has 8 heteroatoms. The first-order valence-electron chi connectivity index (χ1n) is 6.78. The molecule has 1 fully saturated rings. The van der Waals surface area contributed by atoms with Crippen molar-refractivity contribution in [3.05, 3.63) is 17.6 Å². The van der Waals surface area contributed by atoms with Crippen molar-refractivity contribution in [2.45, 2.75) is 37.1 Å². The van der Waals surface area contributed by atoms with Crippen molar-refractivity contribution in [2.24, 2.45) is 0 Å². The molecule has 2 rings (SSSR count). The van der Waals surface area contributed by atoms with Gasteiger partial charge in [-0.2, -0.15) is 4.31 Å². The Labute approximate surface area is 123 Å². The average molecular weight is 317 g/mol. The second-order valence-corrected chi connectivity index (χ2v) is 6.78. The lowest BCUT2D eigenvalue weighted by atomic mass is 10.2. The Kier molecular flexibility index (Phi) is 4.70. The Morgan fingerprint density at radius 2 is 2.29 bits per heavy atom. The molecule has 0 saturated carbocycles. The number of nitrogens with zero attached hydrogens (tertiary/aromatic N) is 1. The van der Waals surface area contributed by atoms with E-state index in [1.807, 2.05) is 0 Å². The summed E-state index contributed by atoms with van der Waals surface area (Å²) in [5.74, 6) is -1.45. The summed E-state index contributed by atoms with van der Waals surface area (Å²) in [5.41, 5.74) is 0. The molecule has 1 aliphatic heterocycles. The normalized spacial score (nSPS) is 20.0. The zero-order chi connectivity index (χ0) is 15.6. The molecule has 0 spiro atoms. The number of rotatable bonds is 6. The molecule has 0 unspecified atom stereocenters. The summed E-state index contributed by atoms with van der Waals surface area (Å²) in [7, 11) is -2.24. The molecule has 1 atom stereocenters. The van der Waals surface area contributed by atoms with Crippen LogP contribution in [0.15, 0.2) is 15.4 Å². The second-order valence-electron chi connectivity index (χ2n) is 4.92. The minimum atomic E-state index is -3.77. The molecule has 21 heavy (non-hydrogen) atoms. The van der Waals surface area contributed by atoms with Crippen molar-refractivity contribution >= 4 is 16.0 Å². The largest absolute Gasteiger partial charge is 0.475 e. The van der Waals surface area contributed by atoms with Crippen LogP contribution in [0.5, 0.6) is 0 Å². The molecule has 1 saturated heterocycles. The Morgan fingerprint density at radius 3 is 2.86 bits per heavy atom. The summed E-state index contributed by atoms with van der Waals surface area (Å²) in [6.07, 6.45) is 1.81. The monoisotopic (exact) mass is 317 g/mol. The summed E-state index contributed by atoms with van der Waals surface area (Å²) >= 11 is 0. The number of hydrogen-bond acceptors (Lipinski definition) is 5. The predicted octanol–water partition coefficient (Wildman–Crippen LogP) is 1.34. The average Bonchev–Trinajstić information content (AvgIpc) is 3.05. The molecule has 1 N–H and O–H groups in total. The molecule has 0 aromatic carbocycles. The maximum Gasteiger partial charge on any atom is 0.371 e. The van der Waals surface area contributed by atoms with Crippen molar-refractivity contribution in [3.63, 3.8) is 0 Å². The van der Waals surface area contributed by atoms with Crippen LogP contribution in [0, 0.1) is 0 Å². The standard InChI is InChI=1S/C13H19NO6S/c1-3-10-12(7-11(20-10)13(15)16)21(17,18)14-6-4-5-9(14)8-19-2/h7,9H,3-6,8H2,1-2H3,(H,15,16)/t9-/m1/s1. The van der Waals surface area contributed by atoms with Crippen molar-refractivity contribution in [2.75, 3.05) is 20.3 Å². The van der Waals surface area contributed by atoms with Crippen LogP contribution in [0.4, 0.5) is 0 Å². The van der Waals surface area contributed by atoms with E-state index in [2.05, 4.69) is 0 Å². The first kappa shape index (κ1) is 16.0. The molecular weight excluding hydrogens is 298 g/mol. The number of methoxy groups -OCH3 is 1. The van der Waals surface area contributed by atoms with Gasteiger partial charge in [0.15, 0.2) is 0 Å². The quantitative estimate of drug-likeness (QED) is 0.850. The Hall–Kier alpha value is -1.38. The number of aromatic carboxylic acids is 1. The number of ether oxygens (including phenoxy) is 1. The zero-order valence-corrected chi connectivity index (χ0v) is 12.9. The van der Waals surface area contributed by atoms with E-state index < -0.39 is 16.0 Å². The van der Waals surface area contributed by atoms with Crippen molar-refractivity contribution in [1.82, 2.24) is 4.31 Å². The molecule has 1 aromatic heterocycles.